The third-order valence-corrected chi connectivity index (χ3v) is 6.23. The minimum atomic E-state index is -0.372. The highest BCUT2D eigenvalue weighted by Crippen LogP contribution is 2.37. The molecule has 1 unspecified atom stereocenters. The van der Waals surface area contributed by atoms with Crippen LogP contribution in [0.3, 0.4) is 0 Å². The number of carbonyl (C=O) groups excluding carboxylic acids is 1. The van der Waals surface area contributed by atoms with Gasteiger partial charge in [0.1, 0.15) is 5.25 Å². The molecule has 0 aliphatic rings. The van der Waals surface area contributed by atoms with Crippen molar-refractivity contribution in [1.82, 2.24) is 19.7 Å². The van der Waals surface area contributed by atoms with Gasteiger partial charge in [-0.05, 0) is 50.6 Å². The first kappa shape index (κ1) is 21.4. The van der Waals surface area contributed by atoms with Gasteiger partial charge in [-0.15, -0.1) is 10.2 Å². The van der Waals surface area contributed by atoms with E-state index in [4.69, 9.17) is 11.6 Å². The minimum Gasteiger partial charge on any atom is -0.342 e. The summed E-state index contributed by atoms with van der Waals surface area (Å²) in [5, 5.41) is 9.86. The number of thioether (sulfide) groups is 1. The molecule has 0 bridgehead atoms. The molecular formula is C22H25ClN4OS. The molecule has 0 spiro atoms. The first-order valence-electron chi connectivity index (χ1n) is 9.78. The highest BCUT2D eigenvalue weighted by atomic mass is 35.5. The summed E-state index contributed by atoms with van der Waals surface area (Å²) in [5.74, 6) is 0.860. The maximum Gasteiger partial charge on any atom is 0.240 e. The van der Waals surface area contributed by atoms with Crippen molar-refractivity contribution in [2.75, 3.05) is 13.1 Å². The molecule has 1 amide bonds. The van der Waals surface area contributed by atoms with Gasteiger partial charge in [0.15, 0.2) is 11.0 Å². The van der Waals surface area contributed by atoms with Crippen LogP contribution in [0.4, 0.5) is 0 Å². The van der Waals surface area contributed by atoms with Crippen LogP contribution in [0.5, 0.6) is 0 Å². The lowest BCUT2D eigenvalue weighted by Crippen LogP contribution is -2.34. The molecule has 1 aromatic heterocycles. The number of hydrogen-bond donors (Lipinski definition) is 0. The van der Waals surface area contributed by atoms with E-state index in [0.717, 1.165) is 22.1 Å². The smallest absolute Gasteiger partial charge is 0.240 e. The summed E-state index contributed by atoms with van der Waals surface area (Å²) in [5.41, 5.74) is 1.91. The first-order valence-corrected chi connectivity index (χ1v) is 11.0. The number of hydrogen-bond acceptors (Lipinski definition) is 4. The van der Waals surface area contributed by atoms with E-state index in [2.05, 4.69) is 17.1 Å². The summed E-state index contributed by atoms with van der Waals surface area (Å²) < 4.78 is 2.04. The van der Waals surface area contributed by atoms with E-state index in [9.17, 15) is 4.79 Å². The molecule has 0 aliphatic carbocycles. The van der Waals surface area contributed by atoms with Crippen LogP contribution in [0.15, 0.2) is 59.8 Å². The predicted molar refractivity (Wildman–Crippen MR) is 119 cm³/mol. The molecule has 0 saturated carbocycles. The Balaban J connectivity index is 1.97. The van der Waals surface area contributed by atoms with Crippen molar-refractivity contribution in [3.8, 4) is 11.4 Å². The van der Waals surface area contributed by atoms with Crippen molar-refractivity contribution in [3.05, 3.63) is 65.2 Å². The molecular weight excluding hydrogens is 404 g/mol. The second kappa shape index (κ2) is 9.94. The van der Waals surface area contributed by atoms with Crippen LogP contribution in [-0.4, -0.2) is 38.7 Å². The van der Waals surface area contributed by atoms with Gasteiger partial charge >= 0.3 is 0 Å². The largest absolute Gasteiger partial charge is 0.342 e. The number of amides is 1. The minimum absolute atomic E-state index is 0.0879. The molecule has 1 heterocycles. The normalized spacial score (nSPS) is 12.0. The zero-order valence-electron chi connectivity index (χ0n) is 16.9. The predicted octanol–water partition coefficient (Wildman–Crippen LogP) is 5.32. The summed E-state index contributed by atoms with van der Waals surface area (Å²) in [6.45, 7) is 8.11. The molecule has 152 valence electrons. The molecule has 7 heteroatoms. The molecule has 0 fully saturated rings. The summed E-state index contributed by atoms with van der Waals surface area (Å²) in [6, 6.07) is 17.4. The van der Waals surface area contributed by atoms with Crippen LogP contribution in [-0.2, 0) is 11.3 Å². The van der Waals surface area contributed by atoms with Gasteiger partial charge in [-0.1, -0.05) is 53.7 Å². The van der Waals surface area contributed by atoms with E-state index in [1.165, 1.54) is 11.8 Å². The van der Waals surface area contributed by atoms with Crippen LogP contribution in [0.2, 0.25) is 5.02 Å². The number of rotatable bonds is 8. The Labute approximate surface area is 181 Å². The Hall–Kier alpha value is -2.31. The third-order valence-electron chi connectivity index (χ3n) is 4.76. The fourth-order valence-electron chi connectivity index (χ4n) is 3.17. The molecule has 5 nitrogen and oxygen atoms in total. The maximum absolute atomic E-state index is 13.3. The van der Waals surface area contributed by atoms with Gasteiger partial charge in [0.25, 0.3) is 0 Å². The zero-order valence-corrected chi connectivity index (χ0v) is 18.5. The van der Waals surface area contributed by atoms with Crippen LogP contribution in [0.25, 0.3) is 11.4 Å². The van der Waals surface area contributed by atoms with Crippen molar-refractivity contribution >= 4 is 29.3 Å². The van der Waals surface area contributed by atoms with E-state index >= 15 is 0 Å². The van der Waals surface area contributed by atoms with E-state index in [0.29, 0.717) is 24.7 Å². The van der Waals surface area contributed by atoms with Crippen molar-refractivity contribution in [2.24, 2.45) is 0 Å². The number of likely N-dealkylation sites (N-methyl/N-ethyl adjacent to an activating group) is 1. The average molecular weight is 429 g/mol. The van der Waals surface area contributed by atoms with E-state index in [-0.39, 0.29) is 11.2 Å². The molecule has 1 atom stereocenters. The average Bonchev–Trinajstić information content (AvgIpc) is 3.16. The summed E-state index contributed by atoms with van der Waals surface area (Å²) >= 11 is 7.47. The second-order valence-corrected chi connectivity index (χ2v) is 7.99. The summed E-state index contributed by atoms with van der Waals surface area (Å²) in [7, 11) is 0. The molecule has 0 aliphatic heterocycles. The van der Waals surface area contributed by atoms with E-state index in [1.54, 1.807) is 0 Å². The molecule has 29 heavy (non-hydrogen) atoms. The van der Waals surface area contributed by atoms with Gasteiger partial charge in [-0.2, -0.15) is 0 Å². The molecule has 0 saturated heterocycles. The van der Waals surface area contributed by atoms with E-state index in [1.807, 2.05) is 77.9 Å². The van der Waals surface area contributed by atoms with Crippen LogP contribution in [0, 0.1) is 0 Å². The summed E-state index contributed by atoms with van der Waals surface area (Å²) in [6.07, 6.45) is 0. The Bertz CT molecular complexity index is 939. The number of nitrogens with zero attached hydrogens (tertiary/aromatic N) is 4. The number of carbonyl (C=O) groups is 1. The highest BCUT2D eigenvalue weighted by Gasteiger charge is 2.28. The van der Waals surface area contributed by atoms with Gasteiger partial charge in [0.05, 0.1) is 0 Å². The van der Waals surface area contributed by atoms with Crippen molar-refractivity contribution in [1.29, 1.82) is 0 Å². The second-order valence-electron chi connectivity index (χ2n) is 6.48. The highest BCUT2D eigenvalue weighted by molar-refractivity contribution is 8.00. The first-order chi connectivity index (χ1) is 14.1. The molecule has 0 radical (unpaired) electrons. The lowest BCUT2D eigenvalue weighted by Gasteiger charge is -2.25. The van der Waals surface area contributed by atoms with Gasteiger partial charge < -0.3 is 9.47 Å². The standard InChI is InChI=1S/C22H25ClN4OS/c1-4-26(5-2)21(28)19(16-10-8-7-9-11-16)29-22-25-24-20(27(22)6-3)17-12-14-18(23)15-13-17/h7-15,19H,4-6H2,1-3H3. The number of halogens is 1. The van der Waals surface area contributed by atoms with Crippen molar-refractivity contribution in [3.63, 3.8) is 0 Å². The number of benzene rings is 2. The van der Waals surface area contributed by atoms with Gasteiger partial charge in [-0.25, -0.2) is 0 Å². The molecule has 3 aromatic rings. The van der Waals surface area contributed by atoms with Crippen molar-refractivity contribution in [2.45, 2.75) is 37.7 Å². The van der Waals surface area contributed by atoms with Crippen LogP contribution in [0.1, 0.15) is 31.6 Å². The van der Waals surface area contributed by atoms with Gasteiger partial charge in [0.2, 0.25) is 5.91 Å². The zero-order chi connectivity index (χ0) is 20.8. The quantitative estimate of drug-likeness (QED) is 0.455. The monoisotopic (exact) mass is 428 g/mol. The number of aromatic nitrogens is 3. The molecule has 3 rings (SSSR count). The third kappa shape index (κ3) is 4.82. The van der Waals surface area contributed by atoms with Gasteiger partial charge in [0, 0.05) is 30.2 Å². The fraction of sp³-hybridized carbons (Fsp3) is 0.318. The van der Waals surface area contributed by atoms with Gasteiger partial charge in [-0.3, -0.25) is 4.79 Å². The van der Waals surface area contributed by atoms with Crippen LogP contribution < -0.4 is 0 Å². The Kier molecular flexibility index (Phi) is 7.34. The Morgan fingerprint density at radius 2 is 1.69 bits per heavy atom. The Morgan fingerprint density at radius 3 is 2.28 bits per heavy atom. The molecule has 2 aromatic carbocycles. The van der Waals surface area contributed by atoms with Crippen molar-refractivity contribution < 1.29 is 4.79 Å². The summed E-state index contributed by atoms with van der Waals surface area (Å²) in [4.78, 5) is 15.1. The maximum atomic E-state index is 13.3. The Morgan fingerprint density at radius 1 is 1.03 bits per heavy atom. The topological polar surface area (TPSA) is 51.0 Å². The van der Waals surface area contributed by atoms with E-state index < -0.39 is 0 Å². The fourth-order valence-corrected chi connectivity index (χ4v) is 4.48. The lowest BCUT2D eigenvalue weighted by molar-refractivity contribution is -0.130. The SMILES string of the molecule is CCN(CC)C(=O)C(Sc1nnc(-c2ccc(Cl)cc2)n1CC)c1ccccc1. The van der Waals surface area contributed by atoms with Crippen LogP contribution >= 0.6 is 23.4 Å². The molecule has 0 N–H and O–H groups in total. The lowest BCUT2D eigenvalue weighted by atomic mass is 10.1.